The van der Waals surface area contributed by atoms with Gasteiger partial charge in [-0.05, 0) is 37.3 Å². The lowest BCUT2D eigenvalue weighted by Gasteiger charge is -2.08. The fourth-order valence-electron chi connectivity index (χ4n) is 3.48. The van der Waals surface area contributed by atoms with Crippen LogP contribution in [0.15, 0.2) is 41.2 Å². The molecule has 6 nitrogen and oxygen atoms in total. The van der Waals surface area contributed by atoms with Crippen LogP contribution in [0.3, 0.4) is 0 Å². The largest absolute Gasteiger partial charge is 0.493 e. The zero-order valence-electron chi connectivity index (χ0n) is 15.4. The number of fused-ring (bicyclic) bond motifs is 3. The van der Waals surface area contributed by atoms with E-state index in [9.17, 15) is 9.18 Å². The van der Waals surface area contributed by atoms with Gasteiger partial charge in [-0.3, -0.25) is 4.79 Å². The summed E-state index contributed by atoms with van der Waals surface area (Å²) >= 11 is 0. The molecule has 0 saturated heterocycles. The van der Waals surface area contributed by atoms with E-state index < -0.39 is 0 Å². The zero-order valence-corrected chi connectivity index (χ0v) is 15.4. The van der Waals surface area contributed by atoms with E-state index in [-0.39, 0.29) is 11.4 Å². The lowest BCUT2D eigenvalue weighted by atomic mass is 10.1. The van der Waals surface area contributed by atoms with Gasteiger partial charge in [-0.2, -0.15) is 9.78 Å². The first-order valence-corrected chi connectivity index (χ1v) is 8.36. The Morgan fingerprint density at radius 2 is 1.67 bits per heavy atom. The van der Waals surface area contributed by atoms with Crippen LogP contribution < -0.4 is 15.0 Å². The van der Waals surface area contributed by atoms with E-state index in [1.807, 2.05) is 30.7 Å². The first-order chi connectivity index (χ1) is 13.0. The Hall–Kier alpha value is -3.35. The molecule has 0 bridgehead atoms. The first kappa shape index (κ1) is 17.1. The number of benzene rings is 2. The minimum atomic E-state index is -0.367. The number of hydrogen-bond donors (Lipinski definition) is 0. The van der Waals surface area contributed by atoms with Crippen molar-refractivity contribution in [3.05, 3.63) is 58.3 Å². The molecule has 0 fully saturated rings. The van der Waals surface area contributed by atoms with Crippen LogP contribution in [-0.2, 0) is 7.05 Å². The average molecular weight is 367 g/mol. The molecule has 0 unspecified atom stereocenters. The van der Waals surface area contributed by atoms with Crippen LogP contribution in [0.25, 0.3) is 27.5 Å². The smallest absolute Gasteiger partial charge is 0.296 e. The Morgan fingerprint density at radius 1 is 1.04 bits per heavy atom. The molecule has 0 amide bonds. The molecule has 4 rings (SSSR count). The van der Waals surface area contributed by atoms with E-state index in [1.165, 1.54) is 28.9 Å². The van der Waals surface area contributed by atoms with Gasteiger partial charge in [-0.15, -0.1) is 0 Å². The van der Waals surface area contributed by atoms with E-state index in [4.69, 9.17) is 9.47 Å². The Morgan fingerprint density at radius 3 is 2.30 bits per heavy atom. The Labute approximate surface area is 154 Å². The number of aromatic nitrogens is 3. The molecule has 7 heteroatoms. The highest BCUT2D eigenvalue weighted by atomic mass is 19.1. The molecule has 138 valence electrons. The molecule has 0 radical (unpaired) electrons. The van der Waals surface area contributed by atoms with Crippen LogP contribution in [0.4, 0.5) is 4.39 Å². The number of halogens is 1. The number of rotatable bonds is 3. The second kappa shape index (κ2) is 6.12. The summed E-state index contributed by atoms with van der Waals surface area (Å²) in [6.45, 7) is 1.85. The highest BCUT2D eigenvalue weighted by Gasteiger charge is 2.20. The van der Waals surface area contributed by atoms with Crippen molar-refractivity contribution in [2.45, 2.75) is 6.92 Å². The van der Waals surface area contributed by atoms with Crippen molar-refractivity contribution in [1.29, 1.82) is 0 Å². The van der Waals surface area contributed by atoms with Gasteiger partial charge in [0.2, 0.25) is 0 Å². The van der Waals surface area contributed by atoms with Crippen LogP contribution in [-0.4, -0.2) is 28.6 Å². The zero-order chi connectivity index (χ0) is 19.3. The van der Waals surface area contributed by atoms with Gasteiger partial charge in [-0.25, -0.2) is 4.39 Å². The summed E-state index contributed by atoms with van der Waals surface area (Å²) in [7, 11) is 4.97. The molecular weight excluding hydrogens is 349 g/mol. The van der Waals surface area contributed by atoms with Crippen molar-refractivity contribution in [2.75, 3.05) is 14.2 Å². The number of aryl methyl sites for hydroxylation is 2. The predicted molar refractivity (Wildman–Crippen MR) is 102 cm³/mol. The van der Waals surface area contributed by atoms with Gasteiger partial charge in [0.15, 0.2) is 11.5 Å². The van der Waals surface area contributed by atoms with E-state index in [0.717, 1.165) is 16.3 Å². The molecule has 0 aliphatic heterocycles. The standard InChI is InChI=1S/C20H18FN3O3/c1-11-18-14-9-16(26-3)17(27-4)10-15(14)23(2)19(18)20(25)24(22-11)13-7-5-12(21)6-8-13/h5-10H,1-4H3. The monoisotopic (exact) mass is 367 g/mol. The molecule has 2 heterocycles. The lowest BCUT2D eigenvalue weighted by Crippen LogP contribution is -2.23. The predicted octanol–water partition coefficient (Wildman–Crippen LogP) is 3.34. The maximum absolute atomic E-state index is 13.2. The second-order valence-electron chi connectivity index (χ2n) is 6.29. The highest BCUT2D eigenvalue weighted by molar-refractivity contribution is 6.09. The normalized spacial score (nSPS) is 11.3. The molecule has 4 aromatic rings. The topological polar surface area (TPSA) is 58.3 Å². The molecule has 0 N–H and O–H groups in total. The third-order valence-electron chi connectivity index (χ3n) is 4.78. The minimum absolute atomic E-state index is 0.279. The number of hydrogen-bond acceptors (Lipinski definition) is 4. The van der Waals surface area contributed by atoms with E-state index in [2.05, 4.69) is 5.10 Å². The number of methoxy groups -OCH3 is 2. The van der Waals surface area contributed by atoms with Crippen molar-refractivity contribution < 1.29 is 13.9 Å². The highest BCUT2D eigenvalue weighted by Crippen LogP contribution is 2.37. The SMILES string of the molecule is COc1cc2c3c(C)nn(-c4ccc(F)cc4)c(=O)c3n(C)c2cc1OC. The van der Waals surface area contributed by atoms with Crippen LogP contribution in [0.2, 0.25) is 0 Å². The van der Waals surface area contributed by atoms with Gasteiger partial charge in [0.25, 0.3) is 5.56 Å². The van der Waals surface area contributed by atoms with Gasteiger partial charge < -0.3 is 14.0 Å². The average Bonchev–Trinajstić information content (AvgIpc) is 2.97. The summed E-state index contributed by atoms with van der Waals surface area (Å²) < 4.78 is 27.2. The molecule has 0 aliphatic carbocycles. The van der Waals surface area contributed by atoms with Crippen LogP contribution >= 0.6 is 0 Å². The Kier molecular flexibility index (Phi) is 3.87. The third-order valence-corrected chi connectivity index (χ3v) is 4.78. The summed E-state index contributed by atoms with van der Waals surface area (Å²) in [5, 5.41) is 6.08. The van der Waals surface area contributed by atoms with Crippen molar-refractivity contribution in [3.8, 4) is 17.2 Å². The fourth-order valence-corrected chi connectivity index (χ4v) is 3.48. The van der Waals surface area contributed by atoms with Crippen LogP contribution in [0, 0.1) is 12.7 Å². The van der Waals surface area contributed by atoms with Crippen molar-refractivity contribution in [1.82, 2.24) is 14.3 Å². The molecule has 2 aromatic carbocycles. The molecule has 27 heavy (non-hydrogen) atoms. The van der Waals surface area contributed by atoms with Gasteiger partial charge in [0, 0.05) is 23.9 Å². The molecule has 2 aromatic heterocycles. The summed E-state index contributed by atoms with van der Waals surface area (Å²) in [6.07, 6.45) is 0. The van der Waals surface area contributed by atoms with Crippen molar-refractivity contribution >= 4 is 21.8 Å². The minimum Gasteiger partial charge on any atom is -0.493 e. The Bertz CT molecular complexity index is 1240. The van der Waals surface area contributed by atoms with Crippen molar-refractivity contribution in [2.24, 2.45) is 7.05 Å². The van der Waals surface area contributed by atoms with Crippen LogP contribution in [0.1, 0.15) is 5.69 Å². The van der Waals surface area contributed by atoms with E-state index in [0.29, 0.717) is 28.4 Å². The van der Waals surface area contributed by atoms with Crippen molar-refractivity contribution in [3.63, 3.8) is 0 Å². The fraction of sp³-hybridized carbons (Fsp3) is 0.200. The second-order valence-corrected chi connectivity index (χ2v) is 6.29. The van der Waals surface area contributed by atoms with Crippen LogP contribution in [0.5, 0.6) is 11.5 Å². The molecule has 0 saturated carbocycles. The summed E-state index contributed by atoms with van der Waals surface area (Å²) in [5.74, 6) is 0.799. The molecule has 0 spiro atoms. The first-order valence-electron chi connectivity index (χ1n) is 8.36. The van der Waals surface area contributed by atoms with E-state index >= 15 is 0 Å². The van der Waals surface area contributed by atoms with Gasteiger partial charge in [-0.1, -0.05) is 0 Å². The van der Waals surface area contributed by atoms with Gasteiger partial charge in [0.1, 0.15) is 11.3 Å². The Balaban J connectivity index is 2.12. The summed E-state index contributed by atoms with van der Waals surface area (Å²) in [5.41, 5.74) is 2.26. The number of nitrogens with zero attached hydrogens (tertiary/aromatic N) is 3. The quantitative estimate of drug-likeness (QED) is 0.557. The summed E-state index contributed by atoms with van der Waals surface area (Å²) in [6, 6.07) is 9.37. The van der Waals surface area contributed by atoms with E-state index in [1.54, 1.807) is 14.2 Å². The molecular formula is C20H18FN3O3. The van der Waals surface area contributed by atoms with Gasteiger partial charge in [0.05, 0.1) is 31.1 Å². The van der Waals surface area contributed by atoms with Gasteiger partial charge >= 0.3 is 0 Å². The third kappa shape index (κ3) is 2.46. The maximum atomic E-state index is 13.2. The lowest BCUT2D eigenvalue weighted by molar-refractivity contribution is 0.356. The molecule has 0 atom stereocenters. The maximum Gasteiger partial charge on any atom is 0.296 e. The summed E-state index contributed by atoms with van der Waals surface area (Å²) in [4.78, 5) is 13.2. The molecule has 0 aliphatic rings. The number of ether oxygens (including phenoxy) is 2.